The average molecular weight is 300 g/mol. The topological polar surface area (TPSA) is 36.1 Å². The van der Waals surface area contributed by atoms with E-state index in [9.17, 15) is 4.39 Å². The van der Waals surface area contributed by atoms with Crippen LogP contribution in [0.25, 0.3) is 0 Å². The summed E-state index contributed by atoms with van der Waals surface area (Å²) in [6.07, 6.45) is 6.58. The summed E-state index contributed by atoms with van der Waals surface area (Å²) < 4.78 is 14.1. The minimum atomic E-state index is -0.285. The van der Waals surface area contributed by atoms with Gasteiger partial charge in [0.15, 0.2) is 0 Å². The molecule has 2 nitrogen and oxygen atoms in total. The zero-order chi connectivity index (χ0) is 16.5. The minimum absolute atomic E-state index is 0.116. The summed E-state index contributed by atoms with van der Waals surface area (Å²) >= 11 is 0. The molecule has 0 heterocycles. The number of hydrogen-bond acceptors (Lipinski definition) is 2. The number of halogens is 1. The van der Waals surface area contributed by atoms with Crippen LogP contribution in [0.1, 0.15) is 64.0 Å². The lowest BCUT2D eigenvalue weighted by Gasteiger charge is -2.17. The number of nitriles is 1. The molecule has 22 heavy (non-hydrogen) atoms. The average Bonchev–Trinajstić information content (AvgIpc) is 2.53. The molecule has 0 aliphatic heterocycles. The van der Waals surface area contributed by atoms with Gasteiger partial charge >= 0.3 is 0 Å². The molecule has 0 aliphatic carbocycles. The zero-order valence-corrected chi connectivity index (χ0v) is 13.9. The number of aliphatic imine (C=N–C) groups is 1. The summed E-state index contributed by atoms with van der Waals surface area (Å²) in [5.74, 6) is 0.319. The summed E-state index contributed by atoms with van der Waals surface area (Å²) in [4.78, 5) is 4.23. The smallest absolute Gasteiger partial charge is 0.127 e. The molecule has 1 aromatic rings. The van der Waals surface area contributed by atoms with Crippen molar-refractivity contribution in [1.29, 1.82) is 5.26 Å². The van der Waals surface area contributed by atoms with Crippen molar-refractivity contribution in [3.8, 4) is 6.07 Å². The largest absolute Gasteiger partial charge is 0.269 e. The van der Waals surface area contributed by atoms with Gasteiger partial charge in [-0.2, -0.15) is 5.26 Å². The van der Waals surface area contributed by atoms with Crippen LogP contribution in [0.4, 0.5) is 4.39 Å². The first kappa shape index (κ1) is 18.1. The van der Waals surface area contributed by atoms with E-state index in [1.165, 1.54) is 11.6 Å². The van der Waals surface area contributed by atoms with E-state index < -0.39 is 0 Å². The van der Waals surface area contributed by atoms with Gasteiger partial charge in [0, 0.05) is 12.4 Å². The Morgan fingerprint density at radius 2 is 2.14 bits per heavy atom. The van der Waals surface area contributed by atoms with Gasteiger partial charge in [-0.05, 0) is 61.3 Å². The summed E-state index contributed by atoms with van der Waals surface area (Å²) in [5, 5.41) is 8.80. The Hall–Kier alpha value is -1.95. The highest BCUT2D eigenvalue weighted by Crippen LogP contribution is 2.28. The minimum Gasteiger partial charge on any atom is -0.269 e. The second-order valence-corrected chi connectivity index (χ2v) is 5.71. The van der Waals surface area contributed by atoms with E-state index >= 15 is 0 Å². The number of benzene rings is 1. The fourth-order valence-corrected chi connectivity index (χ4v) is 2.41. The molecule has 3 heteroatoms. The Balaban J connectivity index is 2.79. The molecule has 1 aromatic carbocycles. The predicted octanol–water partition coefficient (Wildman–Crippen LogP) is 5.60. The molecule has 1 unspecified atom stereocenters. The zero-order valence-electron chi connectivity index (χ0n) is 13.9. The van der Waals surface area contributed by atoms with Crippen molar-refractivity contribution in [1.82, 2.24) is 0 Å². The van der Waals surface area contributed by atoms with Gasteiger partial charge in [-0.25, -0.2) is 4.39 Å². The summed E-state index contributed by atoms with van der Waals surface area (Å²) in [6, 6.07) is 6.70. The second kappa shape index (κ2) is 9.15. The third-order valence-electron chi connectivity index (χ3n) is 4.16. The molecule has 0 aromatic heterocycles. The van der Waals surface area contributed by atoms with Crippen LogP contribution in [0.15, 0.2) is 35.0 Å². The van der Waals surface area contributed by atoms with Crippen molar-refractivity contribution in [2.24, 2.45) is 10.9 Å². The van der Waals surface area contributed by atoms with Gasteiger partial charge in [-0.15, -0.1) is 0 Å². The Labute approximate surface area is 133 Å². The normalized spacial score (nSPS) is 14.8. The quantitative estimate of drug-likeness (QED) is 0.603. The maximum Gasteiger partial charge on any atom is 0.127 e. The van der Waals surface area contributed by atoms with Crippen molar-refractivity contribution in [3.05, 3.63) is 46.9 Å². The first-order valence-corrected chi connectivity index (χ1v) is 7.89. The molecule has 0 saturated carbocycles. The highest BCUT2D eigenvalue weighted by atomic mass is 19.1. The molecule has 0 spiro atoms. The fourth-order valence-electron chi connectivity index (χ4n) is 2.41. The summed E-state index contributed by atoms with van der Waals surface area (Å²) in [5.41, 5.74) is 2.36. The van der Waals surface area contributed by atoms with E-state index in [0.29, 0.717) is 17.0 Å². The van der Waals surface area contributed by atoms with Gasteiger partial charge in [0.2, 0.25) is 0 Å². The van der Waals surface area contributed by atoms with Crippen LogP contribution in [-0.4, -0.2) is 6.21 Å². The van der Waals surface area contributed by atoms with Crippen LogP contribution < -0.4 is 0 Å². The van der Waals surface area contributed by atoms with Crippen molar-refractivity contribution >= 4 is 6.21 Å². The summed E-state index contributed by atoms with van der Waals surface area (Å²) in [7, 11) is 0. The van der Waals surface area contributed by atoms with Crippen LogP contribution in [-0.2, 0) is 0 Å². The molecule has 0 amide bonds. The van der Waals surface area contributed by atoms with E-state index in [1.807, 2.05) is 26.1 Å². The van der Waals surface area contributed by atoms with E-state index in [-0.39, 0.29) is 11.7 Å². The van der Waals surface area contributed by atoms with Gasteiger partial charge in [0.25, 0.3) is 0 Å². The van der Waals surface area contributed by atoms with Crippen LogP contribution in [0, 0.1) is 23.1 Å². The number of hydrogen-bond donors (Lipinski definition) is 0. The number of rotatable bonds is 7. The van der Waals surface area contributed by atoms with Crippen molar-refractivity contribution in [2.75, 3.05) is 0 Å². The molecule has 0 fully saturated rings. The van der Waals surface area contributed by atoms with Gasteiger partial charge in [-0.3, -0.25) is 4.99 Å². The number of nitrogens with zero attached hydrogens (tertiary/aromatic N) is 2. The first-order chi connectivity index (χ1) is 10.5. The lowest BCUT2D eigenvalue weighted by atomic mass is 9.89. The molecular weight excluding hydrogens is 275 g/mol. The SMILES string of the molecule is C/C=N\C=C(\CC[C@@H](C)c1ccc(C#N)cc1F)C(C)CC. The van der Waals surface area contributed by atoms with Crippen LogP contribution in [0.3, 0.4) is 0 Å². The molecular formula is C19H25FN2. The van der Waals surface area contributed by atoms with Crippen molar-refractivity contribution in [2.45, 2.75) is 52.9 Å². The Morgan fingerprint density at radius 1 is 1.41 bits per heavy atom. The Bertz CT molecular complexity index is 582. The highest BCUT2D eigenvalue weighted by molar-refractivity contribution is 5.54. The van der Waals surface area contributed by atoms with E-state index in [2.05, 4.69) is 18.8 Å². The van der Waals surface area contributed by atoms with Gasteiger partial charge in [-0.1, -0.05) is 26.8 Å². The van der Waals surface area contributed by atoms with E-state index in [1.54, 1.807) is 18.3 Å². The van der Waals surface area contributed by atoms with Gasteiger partial charge in [0.05, 0.1) is 11.6 Å². The molecule has 1 rings (SSSR count). The molecule has 0 saturated heterocycles. The lowest BCUT2D eigenvalue weighted by Crippen LogP contribution is -2.03. The molecule has 0 radical (unpaired) electrons. The predicted molar refractivity (Wildman–Crippen MR) is 90.5 cm³/mol. The Kier molecular flexibility index (Phi) is 7.52. The van der Waals surface area contributed by atoms with Gasteiger partial charge < -0.3 is 0 Å². The van der Waals surface area contributed by atoms with Crippen molar-refractivity contribution < 1.29 is 4.39 Å². The van der Waals surface area contributed by atoms with E-state index in [4.69, 9.17) is 5.26 Å². The monoisotopic (exact) mass is 300 g/mol. The third-order valence-corrected chi connectivity index (χ3v) is 4.16. The van der Waals surface area contributed by atoms with Crippen molar-refractivity contribution in [3.63, 3.8) is 0 Å². The standard InChI is InChI=1S/C19H25FN2/c1-5-14(3)17(13-22-6-2)9-7-15(4)18-10-8-16(12-21)11-19(18)20/h6,8,10-11,13-15H,5,7,9H2,1-4H3/b17-13-,22-6-/t14?,15-/m1/s1. The highest BCUT2D eigenvalue weighted by Gasteiger charge is 2.14. The van der Waals surface area contributed by atoms with Crippen LogP contribution in [0.5, 0.6) is 0 Å². The third kappa shape index (κ3) is 5.11. The molecule has 2 atom stereocenters. The maximum absolute atomic E-state index is 14.1. The molecule has 0 bridgehead atoms. The maximum atomic E-state index is 14.1. The summed E-state index contributed by atoms with van der Waals surface area (Å²) in [6.45, 7) is 8.29. The second-order valence-electron chi connectivity index (χ2n) is 5.71. The van der Waals surface area contributed by atoms with Gasteiger partial charge in [0.1, 0.15) is 5.82 Å². The van der Waals surface area contributed by atoms with E-state index in [0.717, 1.165) is 19.3 Å². The molecule has 0 aliphatic rings. The molecule has 118 valence electrons. The van der Waals surface area contributed by atoms with Crippen LogP contribution in [0.2, 0.25) is 0 Å². The first-order valence-electron chi connectivity index (χ1n) is 7.89. The van der Waals surface area contributed by atoms with Crippen LogP contribution >= 0.6 is 0 Å². The number of allylic oxidation sites excluding steroid dienone is 1. The fraction of sp³-hybridized carbons (Fsp3) is 0.474. The molecule has 0 N–H and O–H groups in total. The Morgan fingerprint density at radius 3 is 2.68 bits per heavy atom. The lowest BCUT2D eigenvalue weighted by molar-refractivity contribution is 0.551.